The summed E-state index contributed by atoms with van der Waals surface area (Å²) in [6.07, 6.45) is 0.838. The molecular formula is C16H17FN2O2S. The van der Waals surface area contributed by atoms with Gasteiger partial charge in [0.05, 0.1) is 4.88 Å². The van der Waals surface area contributed by atoms with Gasteiger partial charge in [0.2, 0.25) is 5.91 Å². The Morgan fingerprint density at radius 3 is 2.77 bits per heavy atom. The summed E-state index contributed by atoms with van der Waals surface area (Å²) in [5, 5.41) is 7.34. The van der Waals surface area contributed by atoms with Crippen molar-refractivity contribution in [3.8, 4) is 0 Å². The minimum absolute atomic E-state index is 0.121. The van der Waals surface area contributed by atoms with Crippen molar-refractivity contribution >= 4 is 28.8 Å². The van der Waals surface area contributed by atoms with Crippen LogP contribution in [0.5, 0.6) is 0 Å². The van der Waals surface area contributed by atoms with E-state index in [0.717, 1.165) is 0 Å². The predicted octanol–water partition coefficient (Wildman–Crippen LogP) is 3.34. The molecule has 0 bridgehead atoms. The van der Waals surface area contributed by atoms with Gasteiger partial charge in [0.15, 0.2) is 0 Å². The van der Waals surface area contributed by atoms with Crippen LogP contribution in [0.3, 0.4) is 0 Å². The van der Waals surface area contributed by atoms with Crippen molar-refractivity contribution in [2.45, 2.75) is 19.8 Å². The SMILES string of the molecule is Cc1cc(F)ccc1NC(=O)CCCNC(=O)c1cccs1. The van der Waals surface area contributed by atoms with Crippen molar-refractivity contribution in [3.05, 3.63) is 52.0 Å². The van der Waals surface area contributed by atoms with Gasteiger partial charge in [0.25, 0.3) is 5.91 Å². The smallest absolute Gasteiger partial charge is 0.261 e. The summed E-state index contributed by atoms with van der Waals surface area (Å²) in [4.78, 5) is 24.1. The lowest BCUT2D eigenvalue weighted by Gasteiger charge is -2.08. The van der Waals surface area contributed by atoms with Crippen LogP contribution in [0.25, 0.3) is 0 Å². The maximum absolute atomic E-state index is 13.0. The summed E-state index contributed by atoms with van der Waals surface area (Å²) >= 11 is 1.38. The van der Waals surface area contributed by atoms with E-state index in [-0.39, 0.29) is 17.6 Å². The van der Waals surface area contributed by atoms with E-state index in [4.69, 9.17) is 0 Å². The van der Waals surface area contributed by atoms with Crippen LogP contribution in [-0.2, 0) is 4.79 Å². The minimum atomic E-state index is -0.327. The van der Waals surface area contributed by atoms with Crippen molar-refractivity contribution in [2.24, 2.45) is 0 Å². The van der Waals surface area contributed by atoms with Crippen LogP contribution in [0, 0.1) is 12.7 Å². The zero-order valence-corrected chi connectivity index (χ0v) is 13.0. The molecule has 0 atom stereocenters. The number of anilines is 1. The maximum Gasteiger partial charge on any atom is 0.261 e. The monoisotopic (exact) mass is 320 g/mol. The molecule has 0 aliphatic carbocycles. The Morgan fingerprint density at radius 2 is 2.09 bits per heavy atom. The second kappa shape index (κ2) is 7.70. The summed E-state index contributed by atoms with van der Waals surface area (Å²) in [5.41, 5.74) is 1.29. The average Bonchev–Trinajstić information content (AvgIpc) is 3.01. The number of aryl methyl sites for hydroxylation is 1. The molecule has 0 saturated heterocycles. The zero-order valence-electron chi connectivity index (χ0n) is 12.2. The molecule has 0 unspecified atom stereocenters. The number of halogens is 1. The molecule has 2 N–H and O–H groups in total. The van der Waals surface area contributed by atoms with Gasteiger partial charge in [-0.25, -0.2) is 4.39 Å². The Kier molecular flexibility index (Phi) is 5.66. The Bertz CT molecular complexity index is 656. The van der Waals surface area contributed by atoms with Crippen LogP contribution in [0.4, 0.5) is 10.1 Å². The molecule has 0 aliphatic rings. The van der Waals surface area contributed by atoms with E-state index in [1.807, 2.05) is 11.4 Å². The summed E-state index contributed by atoms with van der Waals surface area (Å²) in [7, 11) is 0. The van der Waals surface area contributed by atoms with Gasteiger partial charge in [-0.2, -0.15) is 0 Å². The van der Waals surface area contributed by atoms with E-state index in [1.165, 1.54) is 23.5 Å². The summed E-state index contributed by atoms with van der Waals surface area (Å²) in [5.74, 6) is -0.600. The highest BCUT2D eigenvalue weighted by Crippen LogP contribution is 2.16. The highest BCUT2D eigenvalue weighted by atomic mass is 32.1. The number of thiophene rings is 1. The molecule has 4 nitrogen and oxygen atoms in total. The first-order valence-corrected chi connectivity index (χ1v) is 7.82. The van der Waals surface area contributed by atoms with E-state index >= 15 is 0 Å². The van der Waals surface area contributed by atoms with E-state index < -0.39 is 0 Å². The number of carbonyl (C=O) groups is 2. The number of hydrogen-bond donors (Lipinski definition) is 2. The van der Waals surface area contributed by atoms with E-state index in [9.17, 15) is 14.0 Å². The van der Waals surface area contributed by atoms with Gasteiger partial charge in [0, 0.05) is 18.7 Å². The second-order valence-corrected chi connectivity index (χ2v) is 5.79. The lowest BCUT2D eigenvalue weighted by Crippen LogP contribution is -2.24. The third kappa shape index (κ3) is 4.66. The largest absolute Gasteiger partial charge is 0.351 e. The van der Waals surface area contributed by atoms with Crippen molar-refractivity contribution < 1.29 is 14.0 Å². The third-order valence-corrected chi connectivity index (χ3v) is 3.94. The molecule has 0 fully saturated rings. The van der Waals surface area contributed by atoms with E-state index in [1.54, 1.807) is 19.1 Å². The molecule has 2 rings (SSSR count). The van der Waals surface area contributed by atoms with Gasteiger partial charge in [-0.1, -0.05) is 6.07 Å². The van der Waals surface area contributed by atoms with Crippen LogP contribution < -0.4 is 10.6 Å². The van der Waals surface area contributed by atoms with Gasteiger partial charge >= 0.3 is 0 Å². The molecular weight excluding hydrogens is 303 g/mol. The first-order chi connectivity index (χ1) is 10.6. The van der Waals surface area contributed by atoms with Crippen molar-refractivity contribution in [3.63, 3.8) is 0 Å². The van der Waals surface area contributed by atoms with Gasteiger partial charge in [-0.15, -0.1) is 11.3 Å². The van der Waals surface area contributed by atoms with E-state index in [2.05, 4.69) is 10.6 Å². The van der Waals surface area contributed by atoms with Gasteiger partial charge < -0.3 is 10.6 Å². The molecule has 116 valence electrons. The first-order valence-electron chi connectivity index (χ1n) is 6.94. The Morgan fingerprint density at radius 1 is 1.27 bits per heavy atom. The van der Waals surface area contributed by atoms with Crippen LogP contribution in [0.1, 0.15) is 28.1 Å². The average molecular weight is 320 g/mol. The van der Waals surface area contributed by atoms with Crippen LogP contribution in [-0.4, -0.2) is 18.4 Å². The minimum Gasteiger partial charge on any atom is -0.351 e. The van der Waals surface area contributed by atoms with Gasteiger partial charge in [-0.3, -0.25) is 9.59 Å². The molecule has 0 radical (unpaired) electrons. The summed E-state index contributed by atoms with van der Waals surface area (Å²) in [6, 6.07) is 7.80. The fourth-order valence-corrected chi connectivity index (χ4v) is 2.57. The lowest BCUT2D eigenvalue weighted by molar-refractivity contribution is -0.116. The molecule has 1 aromatic heterocycles. The Balaban J connectivity index is 1.71. The van der Waals surface area contributed by atoms with Crippen molar-refractivity contribution in [1.82, 2.24) is 5.32 Å². The molecule has 6 heteroatoms. The molecule has 1 heterocycles. The van der Waals surface area contributed by atoms with Gasteiger partial charge in [0.1, 0.15) is 5.82 Å². The fraction of sp³-hybridized carbons (Fsp3) is 0.250. The van der Waals surface area contributed by atoms with Crippen LogP contribution >= 0.6 is 11.3 Å². The Hall–Kier alpha value is -2.21. The van der Waals surface area contributed by atoms with Crippen LogP contribution in [0.15, 0.2) is 35.7 Å². The maximum atomic E-state index is 13.0. The van der Waals surface area contributed by atoms with E-state index in [0.29, 0.717) is 35.5 Å². The predicted molar refractivity (Wildman–Crippen MR) is 85.7 cm³/mol. The topological polar surface area (TPSA) is 58.2 Å². The normalized spacial score (nSPS) is 10.3. The molecule has 2 amide bonds. The number of hydrogen-bond acceptors (Lipinski definition) is 3. The third-order valence-electron chi connectivity index (χ3n) is 3.07. The lowest BCUT2D eigenvalue weighted by atomic mass is 10.2. The van der Waals surface area contributed by atoms with Crippen LogP contribution in [0.2, 0.25) is 0 Å². The Labute approximate surface area is 132 Å². The van der Waals surface area contributed by atoms with Gasteiger partial charge in [-0.05, 0) is 48.6 Å². The number of rotatable bonds is 6. The quantitative estimate of drug-likeness (QED) is 0.802. The second-order valence-electron chi connectivity index (χ2n) is 4.84. The summed E-state index contributed by atoms with van der Waals surface area (Å²) in [6.45, 7) is 2.17. The highest BCUT2D eigenvalue weighted by Gasteiger charge is 2.07. The number of nitrogens with one attached hydrogen (secondary N) is 2. The van der Waals surface area contributed by atoms with Crippen molar-refractivity contribution in [1.29, 1.82) is 0 Å². The zero-order chi connectivity index (χ0) is 15.9. The number of carbonyl (C=O) groups excluding carboxylic acids is 2. The number of amides is 2. The molecule has 22 heavy (non-hydrogen) atoms. The molecule has 0 aliphatic heterocycles. The molecule has 0 saturated carbocycles. The molecule has 1 aromatic carbocycles. The summed E-state index contributed by atoms with van der Waals surface area (Å²) < 4.78 is 13.0. The first kappa shape index (κ1) is 16.2. The number of benzene rings is 1. The molecule has 2 aromatic rings. The molecule has 0 spiro atoms. The standard InChI is InChI=1S/C16H17FN2O2S/c1-11-10-12(17)6-7-13(11)19-15(20)5-2-8-18-16(21)14-4-3-9-22-14/h3-4,6-7,9-10H,2,5,8H2,1H3,(H,18,21)(H,19,20). The highest BCUT2D eigenvalue weighted by molar-refractivity contribution is 7.12. The fourth-order valence-electron chi connectivity index (χ4n) is 1.93. The van der Waals surface area contributed by atoms with Crippen molar-refractivity contribution in [2.75, 3.05) is 11.9 Å².